The van der Waals surface area contributed by atoms with Crippen molar-refractivity contribution >= 4 is 17.3 Å². The van der Waals surface area contributed by atoms with Crippen molar-refractivity contribution in [1.82, 2.24) is 0 Å². The maximum atomic E-state index is 11.0. The van der Waals surface area contributed by atoms with Crippen LogP contribution in [-0.4, -0.2) is 13.0 Å². The first-order valence-electron chi connectivity index (χ1n) is 4.04. The molecule has 0 radical (unpaired) electrons. The van der Waals surface area contributed by atoms with Crippen molar-refractivity contribution in [1.29, 1.82) is 0 Å². The number of hydrogen-bond acceptors (Lipinski definition) is 3. The Morgan fingerprint density at radius 3 is 2.93 bits per heavy atom. The summed E-state index contributed by atoms with van der Waals surface area (Å²) in [4.78, 5) is 11.0. The van der Waals surface area contributed by atoms with Gasteiger partial charge in [-0.3, -0.25) is 4.79 Å². The van der Waals surface area contributed by atoms with E-state index in [1.807, 2.05) is 0 Å². The molecule has 0 bridgehead atoms. The van der Waals surface area contributed by atoms with E-state index in [0.717, 1.165) is 0 Å². The van der Waals surface area contributed by atoms with Gasteiger partial charge in [0.05, 0.1) is 12.8 Å². The zero-order valence-corrected chi connectivity index (χ0v) is 7.91. The molecule has 0 aliphatic heterocycles. The second-order valence-corrected chi connectivity index (χ2v) is 2.65. The predicted molar refractivity (Wildman–Crippen MR) is 56.2 cm³/mol. The third-order valence-corrected chi connectivity index (χ3v) is 1.67. The van der Waals surface area contributed by atoms with E-state index in [9.17, 15) is 4.79 Å². The molecule has 0 fully saturated rings. The van der Waals surface area contributed by atoms with Gasteiger partial charge in [-0.15, -0.1) is 0 Å². The Labute approximate surface area is 82.4 Å². The number of ether oxygens (including phenoxy) is 1. The molecular formula is C10H12N2O2. The number of nitrogens with one attached hydrogen (secondary N) is 1. The van der Waals surface area contributed by atoms with Gasteiger partial charge in [-0.2, -0.15) is 0 Å². The lowest BCUT2D eigenvalue weighted by Crippen LogP contribution is -2.08. The van der Waals surface area contributed by atoms with Crippen LogP contribution in [0.15, 0.2) is 30.9 Å². The Kier molecular flexibility index (Phi) is 3.12. The predicted octanol–water partition coefficient (Wildman–Crippen LogP) is 1.40. The highest BCUT2D eigenvalue weighted by Crippen LogP contribution is 2.26. The van der Waals surface area contributed by atoms with Gasteiger partial charge in [-0.05, 0) is 18.2 Å². The topological polar surface area (TPSA) is 64.4 Å². The van der Waals surface area contributed by atoms with E-state index in [1.54, 1.807) is 18.2 Å². The smallest absolute Gasteiger partial charge is 0.247 e. The van der Waals surface area contributed by atoms with Gasteiger partial charge in [0, 0.05) is 11.8 Å². The van der Waals surface area contributed by atoms with Gasteiger partial charge in [-0.25, -0.2) is 0 Å². The highest BCUT2D eigenvalue weighted by atomic mass is 16.5. The van der Waals surface area contributed by atoms with E-state index in [0.29, 0.717) is 17.1 Å². The Morgan fingerprint density at radius 2 is 2.36 bits per heavy atom. The van der Waals surface area contributed by atoms with Crippen LogP contribution in [0.25, 0.3) is 0 Å². The van der Waals surface area contributed by atoms with E-state index in [2.05, 4.69) is 11.9 Å². The molecule has 4 heteroatoms. The van der Waals surface area contributed by atoms with Crippen LogP contribution in [0.3, 0.4) is 0 Å². The molecule has 0 atom stereocenters. The average Bonchev–Trinajstić information content (AvgIpc) is 2.20. The molecule has 0 spiro atoms. The fraction of sp³-hybridized carbons (Fsp3) is 0.100. The maximum absolute atomic E-state index is 11.0. The fourth-order valence-corrected chi connectivity index (χ4v) is 0.995. The molecule has 0 heterocycles. The van der Waals surface area contributed by atoms with Crippen LogP contribution in [0.4, 0.5) is 11.4 Å². The summed E-state index contributed by atoms with van der Waals surface area (Å²) < 4.78 is 5.04. The number of anilines is 2. The van der Waals surface area contributed by atoms with Gasteiger partial charge in [0.15, 0.2) is 0 Å². The van der Waals surface area contributed by atoms with E-state index in [-0.39, 0.29) is 5.91 Å². The second kappa shape index (κ2) is 4.32. The van der Waals surface area contributed by atoms with Crippen LogP contribution in [-0.2, 0) is 4.79 Å². The van der Waals surface area contributed by atoms with Gasteiger partial charge in [0.1, 0.15) is 5.75 Å². The average molecular weight is 192 g/mol. The molecule has 1 amide bonds. The van der Waals surface area contributed by atoms with Crippen molar-refractivity contribution in [2.45, 2.75) is 0 Å². The van der Waals surface area contributed by atoms with Gasteiger partial charge in [-0.1, -0.05) is 6.58 Å². The van der Waals surface area contributed by atoms with E-state index in [4.69, 9.17) is 10.5 Å². The van der Waals surface area contributed by atoms with Crippen molar-refractivity contribution in [3.05, 3.63) is 30.9 Å². The number of nitrogen functional groups attached to an aromatic ring is 1. The van der Waals surface area contributed by atoms with Crippen molar-refractivity contribution in [2.75, 3.05) is 18.2 Å². The third kappa shape index (κ3) is 2.26. The van der Waals surface area contributed by atoms with E-state index in [1.165, 1.54) is 13.2 Å². The molecule has 1 aromatic carbocycles. The largest absolute Gasteiger partial charge is 0.494 e. The molecule has 0 saturated heterocycles. The quantitative estimate of drug-likeness (QED) is 0.562. The summed E-state index contributed by atoms with van der Waals surface area (Å²) in [6.07, 6.45) is 1.19. The lowest BCUT2D eigenvalue weighted by Gasteiger charge is -2.08. The minimum absolute atomic E-state index is 0.284. The normalized spacial score (nSPS) is 9.21. The Morgan fingerprint density at radius 1 is 1.64 bits per heavy atom. The summed E-state index contributed by atoms with van der Waals surface area (Å²) >= 11 is 0. The van der Waals surface area contributed by atoms with Crippen LogP contribution >= 0.6 is 0 Å². The van der Waals surface area contributed by atoms with Crippen LogP contribution in [0.5, 0.6) is 5.75 Å². The number of rotatable bonds is 3. The van der Waals surface area contributed by atoms with E-state index >= 15 is 0 Å². The number of amides is 1. The summed E-state index contributed by atoms with van der Waals surface area (Å²) in [5, 5.41) is 2.60. The number of carbonyl (C=O) groups excluding carboxylic acids is 1. The van der Waals surface area contributed by atoms with Gasteiger partial charge in [0.2, 0.25) is 5.91 Å². The molecule has 0 saturated carbocycles. The number of methoxy groups -OCH3 is 1. The summed E-state index contributed by atoms with van der Waals surface area (Å²) in [5.41, 5.74) is 6.71. The minimum Gasteiger partial charge on any atom is -0.494 e. The number of hydrogen-bond donors (Lipinski definition) is 2. The lowest BCUT2D eigenvalue weighted by molar-refractivity contribution is -0.111. The first-order chi connectivity index (χ1) is 6.67. The molecule has 14 heavy (non-hydrogen) atoms. The first-order valence-corrected chi connectivity index (χ1v) is 4.04. The van der Waals surface area contributed by atoms with Gasteiger partial charge in [0.25, 0.3) is 0 Å². The number of nitrogens with two attached hydrogens (primary N) is 1. The highest BCUT2D eigenvalue weighted by Gasteiger charge is 2.04. The summed E-state index contributed by atoms with van der Waals surface area (Å²) in [6, 6.07) is 5.00. The first kappa shape index (κ1) is 10.1. The van der Waals surface area contributed by atoms with Crippen LogP contribution in [0, 0.1) is 0 Å². The summed E-state index contributed by atoms with van der Waals surface area (Å²) in [7, 11) is 1.51. The van der Waals surface area contributed by atoms with Gasteiger partial charge >= 0.3 is 0 Å². The highest BCUT2D eigenvalue weighted by molar-refractivity contribution is 6.00. The zero-order chi connectivity index (χ0) is 10.6. The monoisotopic (exact) mass is 192 g/mol. The lowest BCUT2D eigenvalue weighted by atomic mass is 10.2. The third-order valence-electron chi connectivity index (χ3n) is 1.67. The number of benzene rings is 1. The molecule has 0 aliphatic rings. The fourth-order valence-electron chi connectivity index (χ4n) is 0.995. The van der Waals surface area contributed by atoms with Crippen molar-refractivity contribution in [3.63, 3.8) is 0 Å². The van der Waals surface area contributed by atoms with Gasteiger partial charge < -0.3 is 15.8 Å². The van der Waals surface area contributed by atoms with Crippen LogP contribution in [0.2, 0.25) is 0 Å². The van der Waals surface area contributed by atoms with Crippen molar-refractivity contribution in [2.24, 2.45) is 0 Å². The number of carbonyl (C=O) groups is 1. The van der Waals surface area contributed by atoms with Crippen molar-refractivity contribution < 1.29 is 9.53 Å². The standard InChI is InChI=1S/C10H12N2O2/c1-3-10(13)12-8-5-4-7(11)6-9(8)14-2/h3-6H,1,11H2,2H3,(H,12,13). The van der Waals surface area contributed by atoms with Crippen LogP contribution in [0.1, 0.15) is 0 Å². The molecule has 0 aliphatic carbocycles. The van der Waals surface area contributed by atoms with Crippen LogP contribution < -0.4 is 15.8 Å². The Balaban J connectivity index is 2.96. The maximum Gasteiger partial charge on any atom is 0.247 e. The SMILES string of the molecule is C=CC(=O)Nc1ccc(N)cc1OC. The Hall–Kier alpha value is -1.97. The molecule has 0 unspecified atom stereocenters. The molecule has 4 nitrogen and oxygen atoms in total. The molecule has 3 N–H and O–H groups in total. The Bertz CT molecular complexity index is 361. The second-order valence-electron chi connectivity index (χ2n) is 2.65. The minimum atomic E-state index is -0.284. The zero-order valence-electron chi connectivity index (χ0n) is 7.91. The molecule has 1 rings (SSSR count). The van der Waals surface area contributed by atoms with E-state index < -0.39 is 0 Å². The molecular weight excluding hydrogens is 180 g/mol. The molecule has 0 aromatic heterocycles. The summed E-state index contributed by atoms with van der Waals surface area (Å²) in [6.45, 7) is 3.35. The summed E-state index contributed by atoms with van der Waals surface area (Å²) in [5.74, 6) is 0.244. The molecule has 74 valence electrons. The van der Waals surface area contributed by atoms with Crippen molar-refractivity contribution in [3.8, 4) is 5.75 Å². The molecule has 1 aromatic rings.